The van der Waals surface area contributed by atoms with Gasteiger partial charge in [0, 0.05) is 29.1 Å². The monoisotopic (exact) mass is 411 g/mol. The molecule has 1 aromatic heterocycles. The van der Waals surface area contributed by atoms with Crippen LogP contribution in [0.25, 0.3) is 0 Å². The normalized spacial score (nSPS) is 10.4. The van der Waals surface area contributed by atoms with E-state index in [4.69, 9.17) is 4.74 Å². The minimum absolute atomic E-state index is 0.133. The molecular weight excluding hydrogens is 390 g/mol. The van der Waals surface area contributed by atoms with Crippen LogP contribution in [-0.4, -0.2) is 29.9 Å². The lowest BCUT2D eigenvalue weighted by molar-refractivity contribution is -0.384. The minimum atomic E-state index is -0.494. The molecule has 3 aromatic rings. The lowest BCUT2D eigenvalue weighted by Gasteiger charge is -2.23. The number of rotatable bonds is 8. The predicted octanol–water partition coefficient (Wildman–Crippen LogP) is 4.55. The van der Waals surface area contributed by atoms with Crippen LogP contribution in [0.15, 0.2) is 60.0 Å². The Balaban J connectivity index is 1.96. The molecule has 2 aromatic carbocycles. The summed E-state index contributed by atoms with van der Waals surface area (Å²) in [6.45, 7) is 0.721. The van der Waals surface area contributed by atoms with Gasteiger partial charge in [-0.1, -0.05) is 24.3 Å². The van der Waals surface area contributed by atoms with Crippen molar-refractivity contribution in [2.75, 3.05) is 19.5 Å². The summed E-state index contributed by atoms with van der Waals surface area (Å²) in [6.07, 6.45) is 0. The number of nitrogens with zero attached hydrogens (tertiary/aromatic N) is 2. The van der Waals surface area contributed by atoms with Crippen LogP contribution in [0, 0.1) is 10.1 Å². The van der Waals surface area contributed by atoms with Crippen LogP contribution in [0.4, 0.5) is 11.4 Å². The average molecular weight is 411 g/mol. The Kier molecular flexibility index (Phi) is 6.46. The number of carbonyl (C=O) groups excluding carboxylic acids is 1. The van der Waals surface area contributed by atoms with E-state index in [9.17, 15) is 14.9 Å². The van der Waals surface area contributed by atoms with Crippen LogP contribution in [0.3, 0.4) is 0 Å². The van der Waals surface area contributed by atoms with Gasteiger partial charge in [0.05, 0.1) is 25.1 Å². The molecule has 8 heteroatoms. The first-order chi connectivity index (χ1) is 14.0. The molecule has 29 heavy (non-hydrogen) atoms. The predicted molar refractivity (Wildman–Crippen MR) is 114 cm³/mol. The highest BCUT2D eigenvalue weighted by molar-refractivity contribution is 7.09. The van der Waals surface area contributed by atoms with E-state index in [1.807, 2.05) is 41.8 Å². The molecule has 0 aliphatic rings. The Hall–Kier alpha value is -3.39. The fourth-order valence-corrected chi connectivity index (χ4v) is 3.76. The fraction of sp³-hybridized carbons (Fsp3) is 0.190. The molecular formula is C21H21N3O4S. The summed E-state index contributed by atoms with van der Waals surface area (Å²) in [7, 11) is 3.19. The molecule has 0 saturated carbocycles. The number of nitrogens with one attached hydrogen (secondary N) is 1. The highest BCUT2D eigenvalue weighted by atomic mass is 32.1. The van der Waals surface area contributed by atoms with Gasteiger partial charge in [-0.25, -0.2) is 0 Å². The number of hydrogen-bond acceptors (Lipinski definition) is 6. The number of methoxy groups -OCH3 is 1. The van der Waals surface area contributed by atoms with E-state index in [2.05, 4.69) is 5.32 Å². The number of para-hydroxylation sites is 1. The maximum Gasteiger partial charge on any atom is 0.293 e. The third-order valence-electron chi connectivity index (χ3n) is 4.48. The fourth-order valence-electron chi connectivity index (χ4n) is 3.04. The van der Waals surface area contributed by atoms with Gasteiger partial charge in [0.2, 0.25) is 0 Å². The number of hydrogen-bond donors (Lipinski definition) is 1. The highest BCUT2D eigenvalue weighted by Gasteiger charge is 2.22. The van der Waals surface area contributed by atoms with Crippen LogP contribution in [0.2, 0.25) is 0 Å². The highest BCUT2D eigenvalue weighted by Crippen LogP contribution is 2.27. The molecule has 0 aliphatic heterocycles. The number of thiophene rings is 1. The summed E-state index contributed by atoms with van der Waals surface area (Å²) in [6, 6.07) is 15.9. The second-order valence-electron chi connectivity index (χ2n) is 6.29. The summed E-state index contributed by atoms with van der Waals surface area (Å²) in [5, 5.41) is 16.1. The van der Waals surface area contributed by atoms with Crippen LogP contribution in [0.5, 0.6) is 5.75 Å². The average Bonchev–Trinajstić information content (AvgIpc) is 3.25. The number of nitro groups is 1. The van der Waals surface area contributed by atoms with Crippen LogP contribution in [-0.2, 0) is 13.1 Å². The Bertz CT molecular complexity index is 1000. The molecule has 0 saturated heterocycles. The number of nitro benzene ring substituents is 1. The quantitative estimate of drug-likeness (QED) is 0.434. The molecule has 7 nitrogen and oxygen atoms in total. The van der Waals surface area contributed by atoms with Crippen molar-refractivity contribution in [1.29, 1.82) is 0 Å². The summed E-state index contributed by atoms with van der Waals surface area (Å²) < 4.78 is 5.41. The van der Waals surface area contributed by atoms with E-state index in [-0.39, 0.29) is 17.2 Å². The van der Waals surface area contributed by atoms with Crippen molar-refractivity contribution in [3.05, 3.63) is 86.1 Å². The van der Waals surface area contributed by atoms with E-state index in [0.29, 0.717) is 24.5 Å². The third kappa shape index (κ3) is 4.72. The van der Waals surface area contributed by atoms with Crippen molar-refractivity contribution in [3.63, 3.8) is 0 Å². The van der Waals surface area contributed by atoms with Crippen LogP contribution < -0.4 is 10.1 Å². The minimum Gasteiger partial charge on any atom is -0.496 e. The topological polar surface area (TPSA) is 84.7 Å². The first-order valence-electron chi connectivity index (χ1n) is 8.93. The zero-order valence-electron chi connectivity index (χ0n) is 16.1. The summed E-state index contributed by atoms with van der Waals surface area (Å²) in [4.78, 5) is 26.9. The molecule has 0 fully saturated rings. The standard InChI is InChI=1S/C21H21N3O4S/c1-22-18-10-9-15(12-19(18)24(26)27)21(25)23(14-17-7-5-11-29-17)13-16-6-3-4-8-20(16)28-2/h3-12,22H,13-14H2,1-2H3. The summed E-state index contributed by atoms with van der Waals surface area (Å²) in [5.41, 5.74) is 1.36. The molecule has 0 bridgehead atoms. The third-order valence-corrected chi connectivity index (χ3v) is 5.34. The van der Waals surface area contributed by atoms with Gasteiger partial charge in [-0.15, -0.1) is 11.3 Å². The van der Waals surface area contributed by atoms with Gasteiger partial charge in [-0.05, 0) is 29.6 Å². The zero-order valence-corrected chi connectivity index (χ0v) is 16.9. The molecule has 150 valence electrons. The Labute approximate surface area is 172 Å². The maximum absolute atomic E-state index is 13.3. The zero-order chi connectivity index (χ0) is 20.8. The SMILES string of the molecule is CNc1ccc(C(=O)N(Cc2cccs2)Cc2ccccc2OC)cc1[N+](=O)[O-]. The van der Waals surface area contributed by atoms with Gasteiger partial charge >= 0.3 is 0 Å². The van der Waals surface area contributed by atoms with Gasteiger partial charge in [-0.2, -0.15) is 0 Å². The molecule has 0 radical (unpaired) electrons. The summed E-state index contributed by atoms with van der Waals surface area (Å²) >= 11 is 1.56. The summed E-state index contributed by atoms with van der Waals surface area (Å²) in [5.74, 6) is 0.406. The maximum atomic E-state index is 13.3. The number of benzene rings is 2. The molecule has 0 atom stereocenters. The smallest absolute Gasteiger partial charge is 0.293 e. The molecule has 1 heterocycles. The second-order valence-corrected chi connectivity index (χ2v) is 7.32. The second kappa shape index (κ2) is 9.20. The molecule has 0 unspecified atom stereocenters. The van der Waals surface area contributed by atoms with Gasteiger partial charge in [0.25, 0.3) is 11.6 Å². The van der Waals surface area contributed by atoms with Gasteiger partial charge in [0.15, 0.2) is 0 Å². The van der Waals surface area contributed by atoms with E-state index in [0.717, 1.165) is 10.4 Å². The Morgan fingerprint density at radius 2 is 1.97 bits per heavy atom. The van der Waals surface area contributed by atoms with E-state index in [1.165, 1.54) is 6.07 Å². The van der Waals surface area contributed by atoms with E-state index < -0.39 is 4.92 Å². The molecule has 1 amide bonds. The van der Waals surface area contributed by atoms with Crippen molar-refractivity contribution in [2.24, 2.45) is 0 Å². The van der Waals surface area contributed by atoms with Crippen LogP contribution in [0.1, 0.15) is 20.8 Å². The largest absolute Gasteiger partial charge is 0.496 e. The van der Waals surface area contributed by atoms with Crippen molar-refractivity contribution < 1.29 is 14.5 Å². The van der Waals surface area contributed by atoms with Crippen LogP contribution >= 0.6 is 11.3 Å². The van der Waals surface area contributed by atoms with Crippen molar-refractivity contribution >= 4 is 28.6 Å². The Morgan fingerprint density at radius 3 is 2.62 bits per heavy atom. The number of ether oxygens (including phenoxy) is 1. The van der Waals surface area contributed by atoms with Gasteiger partial charge < -0.3 is 15.0 Å². The molecule has 0 spiro atoms. The lowest BCUT2D eigenvalue weighted by atomic mass is 10.1. The number of amides is 1. The molecule has 3 rings (SSSR count). The van der Waals surface area contributed by atoms with Crippen molar-refractivity contribution in [3.8, 4) is 5.75 Å². The molecule has 1 N–H and O–H groups in total. The van der Waals surface area contributed by atoms with Gasteiger partial charge in [0.1, 0.15) is 11.4 Å². The number of carbonyl (C=O) groups is 1. The van der Waals surface area contributed by atoms with Crippen molar-refractivity contribution in [1.82, 2.24) is 4.90 Å². The number of anilines is 1. The molecule has 0 aliphatic carbocycles. The first kappa shape index (κ1) is 20.3. The van der Waals surface area contributed by atoms with Crippen molar-refractivity contribution in [2.45, 2.75) is 13.1 Å². The first-order valence-corrected chi connectivity index (χ1v) is 9.81. The van der Waals surface area contributed by atoms with Gasteiger partial charge in [-0.3, -0.25) is 14.9 Å². The lowest BCUT2D eigenvalue weighted by Crippen LogP contribution is -2.30. The Morgan fingerprint density at radius 1 is 1.17 bits per heavy atom. The van der Waals surface area contributed by atoms with E-state index in [1.54, 1.807) is 42.5 Å². The van der Waals surface area contributed by atoms with E-state index >= 15 is 0 Å².